The summed E-state index contributed by atoms with van der Waals surface area (Å²) in [5.74, 6) is -3.57. The molecule has 3 aromatic rings. The van der Waals surface area contributed by atoms with Crippen LogP contribution in [-0.4, -0.2) is 34.8 Å². The van der Waals surface area contributed by atoms with Crippen molar-refractivity contribution in [3.63, 3.8) is 0 Å². The number of amides is 2. The van der Waals surface area contributed by atoms with E-state index in [-0.39, 0.29) is 11.4 Å². The fourth-order valence-corrected chi connectivity index (χ4v) is 3.66. The Hall–Kier alpha value is -3.29. The second kappa shape index (κ2) is 6.70. The van der Waals surface area contributed by atoms with Crippen molar-refractivity contribution in [1.29, 1.82) is 0 Å². The van der Waals surface area contributed by atoms with E-state index in [0.717, 1.165) is 6.07 Å². The molecule has 0 atom stereocenters. The molecule has 8 heteroatoms. The molecule has 5 nitrogen and oxygen atoms in total. The van der Waals surface area contributed by atoms with Crippen molar-refractivity contribution in [3.8, 4) is 11.3 Å². The molecule has 0 bridgehead atoms. The Morgan fingerprint density at radius 1 is 1.07 bits per heavy atom. The third-order valence-corrected chi connectivity index (χ3v) is 5.01. The summed E-state index contributed by atoms with van der Waals surface area (Å²) >= 11 is 0. The van der Waals surface area contributed by atoms with E-state index in [1.165, 1.54) is 23.1 Å². The van der Waals surface area contributed by atoms with Crippen LogP contribution in [0.1, 0.15) is 5.56 Å². The molecule has 3 N–H and O–H groups in total. The standard InChI is InChI=1S/C20H16F3N3O2/c21-12-3-1-11(2-4-12)17-14(5-10-8-26(9-10)20(28)19(24)27)15-6-13(22)7-16(23)18(15)25-17/h1-4,6-7,10,25H,5,8-9H2,(H2,24,27). The maximum absolute atomic E-state index is 14.3. The molecule has 2 heterocycles. The van der Waals surface area contributed by atoms with E-state index in [1.54, 1.807) is 12.1 Å². The molecule has 4 rings (SSSR count). The average molecular weight is 387 g/mol. The smallest absolute Gasteiger partial charge is 0.311 e. The predicted octanol–water partition coefficient (Wildman–Crippen LogP) is 2.74. The summed E-state index contributed by atoms with van der Waals surface area (Å²) in [6.07, 6.45) is 0.429. The van der Waals surface area contributed by atoms with Gasteiger partial charge in [0.25, 0.3) is 0 Å². The van der Waals surface area contributed by atoms with Crippen LogP contribution in [0.25, 0.3) is 22.2 Å². The van der Waals surface area contributed by atoms with Gasteiger partial charge in [-0.3, -0.25) is 9.59 Å². The number of carbonyl (C=O) groups is 2. The van der Waals surface area contributed by atoms with Crippen molar-refractivity contribution < 1.29 is 22.8 Å². The summed E-state index contributed by atoms with van der Waals surface area (Å²) in [5, 5.41) is 0.400. The monoisotopic (exact) mass is 387 g/mol. The zero-order valence-electron chi connectivity index (χ0n) is 14.6. The van der Waals surface area contributed by atoms with E-state index in [9.17, 15) is 22.8 Å². The quantitative estimate of drug-likeness (QED) is 0.678. The van der Waals surface area contributed by atoms with Crippen molar-refractivity contribution in [1.82, 2.24) is 9.88 Å². The Bertz CT molecular complexity index is 1090. The van der Waals surface area contributed by atoms with Gasteiger partial charge >= 0.3 is 11.8 Å². The van der Waals surface area contributed by atoms with Gasteiger partial charge in [0, 0.05) is 30.2 Å². The molecule has 0 saturated carbocycles. The highest BCUT2D eigenvalue weighted by Crippen LogP contribution is 2.35. The van der Waals surface area contributed by atoms with E-state index in [0.29, 0.717) is 41.7 Å². The summed E-state index contributed by atoms with van der Waals surface area (Å²) < 4.78 is 41.4. The number of nitrogens with one attached hydrogen (secondary N) is 1. The molecule has 0 unspecified atom stereocenters. The number of aromatic nitrogens is 1. The number of H-pyrrole nitrogens is 1. The van der Waals surface area contributed by atoms with Crippen molar-refractivity contribution >= 4 is 22.7 Å². The van der Waals surface area contributed by atoms with Gasteiger partial charge in [-0.15, -0.1) is 0 Å². The number of rotatable bonds is 3. The SMILES string of the molecule is NC(=O)C(=O)N1CC(Cc2c(-c3ccc(F)cc3)[nH]c3c(F)cc(F)cc23)C1. The lowest BCUT2D eigenvalue weighted by Crippen LogP contribution is -2.54. The minimum atomic E-state index is -1.01. The summed E-state index contributed by atoms with van der Waals surface area (Å²) in [7, 11) is 0. The van der Waals surface area contributed by atoms with E-state index in [1.807, 2.05) is 0 Å². The molecule has 1 fully saturated rings. The number of benzene rings is 2. The zero-order valence-corrected chi connectivity index (χ0v) is 14.6. The topological polar surface area (TPSA) is 79.2 Å². The van der Waals surface area contributed by atoms with Gasteiger partial charge in [-0.05, 0) is 53.8 Å². The fourth-order valence-electron chi connectivity index (χ4n) is 3.66. The molecule has 1 saturated heterocycles. The minimum Gasteiger partial charge on any atom is -0.361 e. The molecule has 1 aromatic heterocycles. The molecule has 0 aliphatic carbocycles. The Kier molecular flexibility index (Phi) is 4.33. The Labute approximate surface area is 157 Å². The first-order chi connectivity index (χ1) is 13.3. The van der Waals surface area contributed by atoms with Crippen LogP contribution in [0.5, 0.6) is 0 Å². The highest BCUT2D eigenvalue weighted by molar-refractivity contribution is 6.34. The van der Waals surface area contributed by atoms with Crippen LogP contribution in [0, 0.1) is 23.4 Å². The maximum Gasteiger partial charge on any atom is 0.311 e. The summed E-state index contributed by atoms with van der Waals surface area (Å²) in [6.45, 7) is 0.657. The number of hydrogen-bond acceptors (Lipinski definition) is 2. The van der Waals surface area contributed by atoms with Crippen molar-refractivity contribution in [2.45, 2.75) is 6.42 Å². The van der Waals surface area contributed by atoms with Crippen LogP contribution in [-0.2, 0) is 16.0 Å². The molecule has 144 valence electrons. The number of nitrogens with zero attached hydrogens (tertiary/aromatic N) is 1. The first-order valence-electron chi connectivity index (χ1n) is 8.67. The second-order valence-electron chi connectivity index (χ2n) is 6.94. The number of primary amides is 1. The van der Waals surface area contributed by atoms with Crippen LogP contribution in [0.2, 0.25) is 0 Å². The molecule has 0 spiro atoms. The second-order valence-corrected chi connectivity index (χ2v) is 6.94. The van der Waals surface area contributed by atoms with Gasteiger partial charge < -0.3 is 15.6 Å². The molecule has 1 aliphatic rings. The highest BCUT2D eigenvalue weighted by Gasteiger charge is 2.34. The lowest BCUT2D eigenvalue weighted by molar-refractivity contribution is -0.148. The molecule has 2 aromatic carbocycles. The number of likely N-dealkylation sites (tertiary alicyclic amines) is 1. The molecule has 0 radical (unpaired) electrons. The summed E-state index contributed by atoms with van der Waals surface area (Å²) in [4.78, 5) is 26.9. The van der Waals surface area contributed by atoms with Crippen LogP contribution in [0.3, 0.4) is 0 Å². The van der Waals surface area contributed by atoms with Gasteiger partial charge in [0.05, 0.1) is 5.52 Å². The number of fused-ring (bicyclic) bond motifs is 1. The minimum absolute atomic E-state index is 0.00725. The lowest BCUT2D eigenvalue weighted by Gasteiger charge is -2.38. The van der Waals surface area contributed by atoms with Crippen LogP contribution < -0.4 is 5.73 Å². The summed E-state index contributed by atoms with van der Waals surface area (Å²) in [5.41, 5.74) is 7.05. The molecule has 28 heavy (non-hydrogen) atoms. The van der Waals surface area contributed by atoms with Crippen LogP contribution in [0.4, 0.5) is 13.2 Å². The largest absolute Gasteiger partial charge is 0.361 e. The van der Waals surface area contributed by atoms with Crippen LogP contribution in [0.15, 0.2) is 36.4 Å². The van der Waals surface area contributed by atoms with Gasteiger partial charge in [-0.2, -0.15) is 0 Å². The Morgan fingerprint density at radius 3 is 2.39 bits per heavy atom. The number of aromatic amines is 1. The molecular formula is C20H16F3N3O2. The van der Waals surface area contributed by atoms with E-state index < -0.39 is 29.3 Å². The van der Waals surface area contributed by atoms with Gasteiger partial charge in [0.15, 0.2) is 0 Å². The summed E-state index contributed by atoms with van der Waals surface area (Å²) in [6, 6.07) is 7.75. The van der Waals surface area contributed by atoms with Gasteiger partial charge in [0.2, 0.25) is 0 Å². The number of carbonyl (C=O) groups excluding carboxylic acids is 2. The molecule has 2 amide bonds. The first kappa shape index (κ1) is 18.1. The number of nitrogens with two attached hydrogens (primary N) is 1. The molecular weight excluding hydrogens is 371 g/mol. The molecule has 1 aliphatic heterocycles. The van der Waals surface area contributed by atoms with E-state index in [2.05, 4.69) is 4.98 Å². The van der Waals surface area contributed by atoms with Crippen molar-refractivity contribution in [3.05, 3.63) is 59.4 Å². The van der Waals surface area contributed by atoms with Gasteiger partial charge in [-0.1, -0.05) is 0 Å². The Morgan fingerprint density at radius 2 is 1.75 bits per heavy atom. The fraction of sp³-hybridized carbons (Fsp3) is 0.200. The van der Waals surface area contributed by atoms with Gasteiger partial charge in [0.1, 0.15) is 17.5 Å². The van der Waals surface area contributed by atoms with E-state index >= 15 is 0 Å². The third-order valence-electron chi connectivity index (χ3n) is 5.01. The maximum atomic E-state index is 14.3. The number of hydrogen-bond donors (Lipinski definition) is 2. The highest BCUT2D eigenvalue weighted by atomic mass is 19.1. The zero-order chi connectivity index (χ0) is 20.0. The van der Waals surface area contributed by atoms with Gasteiger partial charge in [-0.25, -0.2) is 13.2 Å². The third kappa shape index (κ3) is 3.11. The van der Waals surface area contributed by atoms with Crippen molar-refractivity contribution in [2.75, 3.05) is 13.1 Å². The van der Waals surface area contributed by atoms with Crippen molar-refractivity contribution in [2.24, 2.45) is 11.7 Å². The van der Waals surface area contributed by atoms with E-state index in [4.69, 9.17) is 5.73 Å². The number of halogens is 3. The normalized spacial score (nSPS) is 14.3. The average Bonchev–Trinajstić information content (AvgIpc) is 2.96. The predicted molar refractivity (Wildman–Crippen MR) is 96.6 cm³/mol. The Balaban J connectivity index is 1.71. The lowest BCUT2D eigenvalue weighted by atomic mass is 9.89. The van der Waals surface area contributed by atoms with Crippen LogP contribution >= 0.6 is 0 Å². The first-order valence-corrected chi connectivity index (χ1v) is 8.67.